The summed E-state index contributed by atoms with van der Waals surface area (Å²) in [6, 6.07) is 14.8. The van der Waals surface area contributed by atoms with E-state index >= 15 is 0 Å². The molecule has 0 bridgehead atoms. The van der Waals surface area contributed by atoms with E-state index in [1.54, 1.807) is 38.1 Å². The topological polar surface area (TPSA) is 99.5 Å². The summed E-state index contributed by atoms with van der Waals surface area (Å²) in [5.74, 6) is -0.770. The maximum absolute atomic E-state index is 12.6. The number of amides is 1. The van der Waals surface area contributed by atoms with Gasteiger partial charge in [-0.3, -0.25) is 9.59 Å². The second-order valence-corrected chi connectivity index (χ2v) is 7.24. The van der Waals surface area contributed by atoms with Crippen LogP contribution in [0.5, 0.6) is 5.88 Å². The van der Waals surface area contributed by atoms with Crippen molar-refractivity contribution in [2.24, 2.45) is 0 Å². The van der Waals surface area contributed by atoms with Crippen LogP contribution in [0.25, 0.3) is 5.69 Å². The molecule has 1 atom stereocenters. The van der Waals surface area contributed by atoms with E-state index in [0.29, 0.717) is 16.9 Å². The number of hydrogen-bond acceptors (Lipinski definition) is 6. The van der Waals surface area contributed by atoms with Crippen LogP contribution in [-0.2, 0) is 9.53 Å². The van der Waals surface area contributed by atoms with Gasteiger partial charge in [-0.15, -0.1) is 5.10 Å². The first-order valence-corrected chi connectivity index (χ1v) is 10.2. The van der Waals surface area contributed by atoms with Gasteiger partial charge in [0, 0.05) is 17.8 Å². The number of carbonyl (C=O) groups is 2. The highest BCUT2D eigenvalue weighted by molar-refractivity contribution is 5.96. The molecule has 1 unspecified atom stereocenters. The molecule has 0 aliphatic carbocycles. The molecular weight excluding hydrogens is 410 g/mol. The standard InChI is InChI=1S/C24H25N3O5/c1-5-31-24(30)18-7-6-8-19(14-18)25-23(29)17(4)32-21-11-12-22(28)27(26-21)20-10-9-15(2)16(3)13-20/h6-14,17H,5H2,1-4H3,(H,25,29). The van der Waals surface area contributed by atoms with Gasteiger partial charge in [0.05, 0.1) is 17.9 Å². The van der Waals surface area contributed by atoms with Crippen LogP contribution in [0.1, 0.15) is 35.3 Å². The third-order valence-electron chi connectivity index (χ3n) is 4.82. The molecule has 0 saturated carbocycles. The summed E-state index contributed by atoms with van der Waals surface area (Å²) in [4.78, 5) is 36.7. The van der Waals surface area contributed by atoms with Crippen LogP contribution < -0.4 is 15.6 Å². The van der Waals surface area contributed by atoms with Crippen molar-refractivity contribution in [2.75, 3.05) is 11.9 Å². The molecule has 8 heteroatoms. The van der Waals surface area contributed by atoms with E-state index < -0.39 is 18.0 Å². The Labute approximate surface area is 185 Å². The minimum atomic E-state index is -0.903. The predicted molar refractivity (Wildman–Crippen MR) is 120 cm³/mol. The molecule has 0 radical (unpaired) electrons. The highest BCUT2D eigenvalue weighted by Gasteiger charge is 2.17. The summed E-state index contributed by atoms with van der Waals surface area (Å²) >= 11 is 0. The highest BCUT2D eigenvalue weighted by Crippen LogP contribution is 2.15. The maximum atomic E-state index is 12.6. The molecule has 0 saturated heterocycles. The second-order valence-electron chi connectivity index (χ2n) is 7.24. The molecule has 3 rings (SSSR count). The fraction of sp³-hybridized carbons (Fsp3) is 0.250. The van der Waals surface area contributed by atoms with E-state index in [-0.39, 0.29) is 18.0 Å². The molecule has 1 heterocycles. The number of nitrogens with zero attached hydrogens (tertiary/aromatic N) is 2. The van der Waals surface area contributed by atoms with E-state index in [9.17, 15) is 14.4 Å². The Morgan fingerprint density at radius 1 is 1.06 bits per heavy atom. The molecule has 0 aliphatic heterocycles. The zero-order valence-corrected chi connectivity index (χ0v) is 18.4. The maximum Gasteiger partial charge on any atom is 0.338 e. The molecule has 0 spiro atoms. The van der Waals surface area contributed by atoms with Gasteiger partial charge in [-0.2, -0.15) is 4.68 Å². The minimum absolute atomic E-state index is 0.130. The Morgan fingerprint density at radius 2 is 1.84 bits per heavy atom. The predicted octanol–water partition coefficient (Wildman–Crippen LogP) is 3.43. The number of benzene rings is 2. The van der Waals surface area contributed by atoms with Crippen molar-refractivity contribution in [1.29, 1.82) is 0 Å². The van der Waals surface area contributed by atoms with E-state index in [4.69, 9.17) is 9.47 Å². The Kier molecular flexibility index (Phi) is 7.04. The average Bonchev–Trinajstić information content (AvgIpc) is 2.77. The van der Waals surface area contributed by atoms with Crippen molar-refractivity contribution in [3.63, 3.8) is 0 Å². The van der Waals surface area contributed by atoms with Gasteiger partial charge in [0.25, 0.3) is 11.5 Å². The van der Waals surface area contributed by atoms with Crippen LogP contribution in [0.3, 0.4) is 0 Å². The number of esters is 1. The zero-order chi connectivity index (χ0) is 23.3. The number of anilines is 1. The van der Waals surface area contributed by atoms with Crippen molar-refractivity contribution in [1.82, 2.24) is 9.78 Å². The summed E-state index contributed by atoms with van der Waals surface area (Å²) in [6.45, 7) is 7.49. The average molecular weight is 435 g/mol. The Bertz CT molecular complexity index is 1200. The summed E-state index contributed by atoms with van der Waals surface area (Å²) in [6.07, 6.45) is -0.903. The highest BCUT2D eigenvalue weighted by atomic mass is 16.5. The lowest BCUT2D eigenvalue weighted by atomic mass is 10.1. The van der Waals surface area contributed by atoms with Crippen molar-refractivity contribution >= 4 is 17.6 Å². The summed E-state index contributed by atoms with van der Waals surface area (Å²) in [5, 5.41) is 6.94. The lowest BCUT2D eigenvalue weighted by molar-refractivity contribution is -0.122. The first kappa shape index (κ1) is 22.7. The third kappa shape index (κ3) is 5.40. The number of hydrogen-bond donors (Lipinski definition) is 1. The number of aromatic nitrogens is 2. The van der Waals surface area contributed by atoms with Gasteiger partial charge in [-0.25, -0.2) is 4.79 Å². The van der Waals surface area contributed by atoms with Gasteiger partial charge in [-0.1, -0.05) is 12.1 Å². The van der Waals surface area contributed by atoms with Gasteiger partial charge >= 0.3 is 5.97 Å². The van der Waals surface area contributed by atoms with Gasteiger partial charge in [0.1, 0.15) is 0 Å². The largest absolute Gasteiger partial charge is 0.463 e. The molecule has 1 N–H and O–H groups in total. The third-order valence-corrected chi connectivity index (χ3v) is 4.82. The number of rotatable bonds is 7. The quantitative estimate of drug-likeness (QED) is 0.571. The molecule has 2 aromatic carbocycles. The lowest BCUT2D eigenvalue weighted by Gasteiger charge is -2.15. The SMILES string of the molecule is CCOC(=O)c1cccc(NC(=O)C(C)Oc2ccc(=O)n(-c3ccc(C)c(C)c3)n2)c1. The van der Waals surface area contributed by atoms with Crippen molar-refractivity contribution < 1.29 is 19.1 Å². The van der Waals surface area contributed by atoms with Crippen LogP contribution in [-0.4, -0.2) is 34.4 Å². The molecule has 0 aliphatic rings. The van der Waals surface area contributed by atoms with Crippen LogP contribution in [0.2, 0.25) is 0 Å². The fourth-order valence-corrected chi connectivity index (χ4v) is 2.92. The summed E-state index contributed by atoms with van der Waals surface area (Å²) in [7, 11) is 0. The normalized spacial score (nSPS) is 11.5. The Morgan fingerprint density at radius 3 is 2.56 bits per heavy atom. The molecule has 32 heavy (non-hydrogen) atoms. The lowest BCUT2D eigenvalue weighted by Crippen LogP contribution is -2.31. The Hall–Kier alpha value is -3.94. The summed E-state index contributed by atoms with van der Waals surface area (Å²) in [5.41, 5.74) is 3.20. The number of nitrogens with one attached hydrogen (secondary N) is 1. The summed E-state index contributed by atoms with van der Waals surface area (Å²) < 4.78 is 11.9. The van der Waals surface area contributed by atoms with Gasteiger partial charge < -0.3 is 14.8 Å². The molecule has 3 aromatic rings. The monoisotopic (exact) mass is 435 g/mol. The van der Waals surface area contributed by atoms with Crippen LogP contribution in [0.4, 0.5) is 5.69 Å². The molecular formula is C24H25N3O5. The van der Waals surface area contributed by atoms with E-state index in [2.05, 4.69) is 10.4 Å². The molecule has 166 valence electrons. The first-order chi connectivity index (χ1) is 15.3. The van der Waals surface area contributed by atoms with Gasteiger partial charge in [-0.05, 0) is 69.2 Å². The smallest absolute Gasteiger partial charge is 0.338 e. The van der Waals surface area contributed by atoms with Crippen molar-refractivity contribution in [3.8, 4) is 11.6 Å². The van der Waals surface area contributed by atoms with E-state index in [1.165, 1.54) is 22.9 Å². The van der Waals surface area contributed by atoms with Gasteiger partial charge in [0.15, 0.2) is 6.10 Å². The first-order valence-electron chi connectivity index (χ1n) is 10.2. The molecule has 8 nitrogen and oxygen atoms in total. The molecule has 1 amide bonds. The van der Waals surface area contributed by atoms with E-state index in [0.717, 1.165) is 11.1 Å². The second kappa shape index (κ2) is 9.91. The van der Waals surface area contributed by atoms with Crippen molar-refractivity contribution in [2.45, 2.75) is 33.8 Å². The number of ether oxygens (including phenoxy) is 2. The van der Waals surface area contributed by atoms with Gasteiger partial charge in [0.2, 0.25) is 5.88 Å². The number of aryl methyl sites for hydroxylation is 2. The van der Waals surface area contributed by atoms with Crippen LogP contribution in [0.15, 0.2) is 59.4 Å². The van der Waals surface area contributed by atoms with E-state index in [1.807, 2.05) is 26.0 Å². The molecule has 1 aromatic heterocycles. The minimum Gasteiger partial charge on any atom is -0.463 e. The zero-order valence-electron chi connectivity index (χ0n) is 18.4. The molecule has 0 fully saturated rings. The van der Waals surface area contributed by atoms with Crippen LogP contribution >= 0.6 is 0 Å². The number of carbonyl (C=O) groups excluding carboxylic acids is 2. The van der Waals surface area contributed by atoms with Crippen LogP contribution in [0, 0.1) is 13.8 Å². The van der Waals surface area contributed by atoms with Crippen molar-refractivity contribution in [3.05, 3.63) is 81.6 Å². The Balaban J connectivity index is 1.73. The fourth-order valence-electron chi connectivity index (χ4n) is 2.92.